The van der Waals surface area contributed by atoms with Crippen LogP contribution in [-0.4, -0.2) is 43.9 Å². The fourth-order valence-electron chi connectivity index (χ4n) is 1.35. The van der Waals surface area contributed by atoms with Crippen molar-refractivity contribution < 1.29 is 9.59 Å². The Kier molecular flexibility index (Phi) is 5.32. The molecule has 0 bridgehead atoms. The third-order valence-corrected chi connectivity index (χ3v) is 2.48. The van der Waals surface area contributed by atoms with Crippen molar-refractivity contribution in [3.05, 3.63) is 29.8 Å². The third-order valence-electron chi connectivity index (χ3n) is 2.48. The van der Waals surface area contributed by atoms with Gasteiger partial charge in [0, 0.05) is 19.8 Å². The molecule has 0 aromatic heterocycles. The maximum absolute atomic E-state index is 11.6. The standard InChI is InChI=1S/C13H19N3O2/c1-10-6-4-5-7-11(10)15-12(17)8-14-9-13(18)16(2)3/h4-7,14H,8-9H2,1-3H3,(H,15,17). The predicted molar refractivity (Wildman–Crippen MR) is 71.4 cm³/mol. The van der Waals surface area contributed by atoms with Crippen molar-refractivity contribution in [3.8, 4) is 0 Å². The lowest BCUT2D eigenvalue weighted by Gasteiger charge is -2.11. The summed E-state index contributed by atoms with van der Waals surface area (Å²) in [5, 5.41) is 5.59. The molecular weight excluding hydrogens is 230 g/mol. The molecule has 0 atom stereocenters. The molecule has 0 spiro atoms. The number of amides is 2. The van der Waals surface area contributed by atoms with Crippen molar-refractivity contribution in [1.82, 2.24) is 10.2 Å². The number of hydrogen-bond donors (Lipinski definition) is 2. The molecule has 0 unspecified atom stereocenters. The van der Waals surface area contributed by atoms with E-state index in [0.717, 1.165) is 11.3 Å². The zero-order valence-corrected chi connectivity index (χ0v) is 11.0. The minimum Gasteiger partial charge on any atom is -0.348 e. The molecule has 0 saturated carbocycles. The Bertz CT molecular complexity index is 430. The minimum atomic E-state index is -0.157. The van der Waals surface area contributed by atoms with E-state index in [-0.39, 0.29) is 24.9 Å². The van der Waals surface area contributed by atoms with Gasteiger partial charge >= 0.3 is 0 Å². The van der Waals surface area contributed by atoms with E-state index in [1.807, 2.05) is 31.2 Å². The molecule has 98 valence electrons. The number of nitrogens with one attached hydrogen (secondary N) is 2. The first kappa shape index (κ1) is 14.2. The highest BCUT2D eigenvalue weighted by Crippen LogP contribution is 2.12. The first-order valence-corrected chi connectivity index (χ1v) is 5.77. The van der Waals surface area contributed by atoms with Gasteiger partial charge in [0.25, 0.3) is 0 Å². The molecule has 5 nitrogen and oxygen atoms in total. The monoisotopic (exact) mass is 249 g/mol. The second-order valence-electron chi connectivity index (χ2n) is 4.25. The molecule has 18 heavy (non-hydrogen) atoms. The summed E-state index contributed by atoms with van der Waals surface area (Å²) in [6, 6.07) is 7.56. The molecule has 0 radical (unpaired) electrons. The zero-order valence-electron chi connectivity index (χ0n) is 11.0. The van der Waals surface area contributed by atoms with Crippen LogP contribution in [0.25, 0.3) is 0 Å². The Hall–Kier alpha value is -1.88. The van der Waals surface area contributed by atoms with Gasteiger partial charge in [0.1, 0.15) is 0 Å². The summed E-state index contributed by atoms with van der Waals surface area (Å²) >= 11 is 0. The van der Waals surface area contributed by atoms with Gasteiger partial charge in [-0.15, -0.1) is 0 Å². The van der Waals surface area contributed by atoms with Crippen molar-refractivity contribution in [1.29, 1.82) is 0 Å². The number of aryl methyl sites for hydroxylation is 1. The normalized spacial score (nSPS) is 9.94. The van der Waals surface area contributed by atoms with Gasteiger partial charge in [0.2, 0.25) is 11.8 Å². The summed E-state index contributed by atoms with van der Waals surface area (Å²) in [4.78, 5) is 24.4. The summed E-state index contributed by atoms with van der Waals surface area (Å²) in [6.07, 6.45) is 0. The number of benzene rings is 1. The summed E-state index contributed by atoms with van der Waals surface area (Å²) in [5.41, 5.74) is 1.80. The second kappa shape index (κ2) is 6.76. The summed E-state index contributed by atoms with van der Waals surface area (Å²) in [5.74, 6) is -0.213. The molecular formula is C13H19N3O2. The number of hydrogen-bond acceptors (Lipinski definition) is 3. The van der Waals surface area contributed by atoms with Gasteiger partial charge in [-0.05, 0) is 18.6 Å². The minimum absolute atomic E-state index is 0.0568. The Labute approximate surface area is 107 Å². The quantitative estimate of drug-likeness (QED) is 0.804. The van der Waals surface area contributed by atoms with E-state index < -0.39 is 0 Å². The average Bonchev–Trinajstić information content (AvgIpc) is 2.32. The van der Waals surface area contributed by atoms with Crippen molar-refractivity contribution >= 4 is 17.5 Å². The van der Waals surface area contributed by atoms with Crippen LogP contribution in [0.3, 0.4) is 0 Å². The van der Waals surface area contributed by atoms with E-state index in [0.29, 0.717) is 0 Å². The number of likely N-dealkylation sites (N-methyl/N-ethyl adjacent to an activating group) is 1. The molecule has 0 saturated heterocycles. The van der Waals surface area contributed by atoms with Crippen LogP contribution in [0.2, 0.25) is 0 Å². The lowest BCUT2D eigenvalue weighted by molar-refractivity contribution is -0.127. The van der Waals surface area contributed by atoms with Crippen LogP contribution in [0.5, 0.6) is 0 Å². The molecule has 0 heterocycles. The number of para-hydroxylation sites is 1. The Balaban J connectivity index is 2.35. The van der Waals surface area contributed by atoms with Crippen LogP contribution >= 0.6 is 0 Å². The molecule has 1 aromatic rings. The van der Waals surface area contributed by atoms with Gasteiger partial charge in [0.15, 0.2) is 0 Å². The summed E-state index contributed by atoms with van der Waals surface area (Å²) < 4.78 is 0. The van der Waals surface area contributed by atoms with Crippen LogP contribution in [0.15, 0.2) is 24.3 Å². The smallest absolute Gasteiger partial charge is 0.238 e. The highest BCUT2D eigenvalue weighted by Gasteiger charge is 2.06. The van der Waals surface area contributed by atoms with Crippen LogP contribution < -0.4 is 10.6 Å². The summed E-state index contributed by atoms with van der Waals surface area (Å²) in [7, 11) is 3.36. The number of nitrogens with zero attached hydrogens (tertiary/aromatic N) is 1. The average molecular weight is 249 g/mol. The number of carbonyl (C=O) groups is 2. The second-order valence-corrected chi connectivity index (χ2v) is 4.25. The van der Waals surface area contributed by atoms with Crippen molar-refractivity contribution in [2.24, 2.45) is 0 Å². The van der Waals surface area contributed by atoms with Crippen LogP contribution in [-0.2, 0) is 9.59 Å². The molecule has 2 N–H and O–H groups in total. The number of carbonyl (C=O) groups excluding carboxylic acids is 2. The van der Waals surface area contributed by atoms with Crippen LogP contribution in [0.4, 0.5) is 5.69 Å². The SMILES string of the molecule is Cc1ccccc1NC(=O)CNCC(=O)N(C)C. The Morgan fingerprint density at radius 2 is 1.83 bits per heavy atom. The first-order valence-electron chi connectivity index (χ1n) is 5.77. The van der Waals surface area contributed by atoms with Gasteiger partial charge in [0.05, 0.1) is 13.1 Å². The molecule has 0 aliphatic heterocycles. The fraction of sp³-hybridized carbons (Fsp3) is 0.385. The van der Waals surface area contributed by atoms with Gasteiger partial charge in [-0.25, -0.2) is 0 Å². The number of anilines is 1. The largest absolute Gasteiger partial charge is 0.348 e. The molecule has 0 aliphatic rings. The van der Waals surface area contributed by atoms with E-state index in [9.17, 15) is 9.59 Å². The maximum Gasteiger partial charge on any atom is 0.238 e. The van der Waals surface area contributed by atoms with E-state index in [2.05, 4.69) is 10.6 Å². The van der Waals surface area contributed by atoms with Crippen molar-refractivity contribution in [2.75, 3.05) is 32.5 Å². The lowest BCUT2D eigenvalue weighted by atomic mass is 10.2. The van der Waals surface area contributed by atoms with E-state index >= 15 is 0 Å². The maximum atomic E-state index is 11.6. The first-order chi connectivity index (χ1) is 8.50. The predicted octanol–water partition coefficient (Wildman–Crippen LogP) is 0.611. The van der Waals surface area contributed by atoms with Gasteiger partial charge in [-0.3, -0.25) is 14.9 Å². The van der Waals surface area contributed by atoms with E-state index in [1.165, 1.54) is 4.90 Å². The van der Waals surface area contributed by atoms with E-state index in [1.54, 1.807) is 14.1 Å². The molecule has 0 aliphatic carbocycles. The fourth-order valence-corrected chi connectivity index (χ4v) is 1.35. The third kappa shape index (κ3) is 4.55. The Morgan fingerprint density at radius 3 is 2.44 bits per heavy atom. The number of rotatable bonds is 5. The van der Waals surface area contributed by atoms with Crippen LogP contribution in [0.1, 0.15) is 5.56 Å². The van der Waals surface area contributed by atoms with Gasteiger partial charge in [-0.1, -0.05) is 18.2 Å². The molecule has 1 aromatic carbocycles. The molecule has 0 fully saturated rings. The zero-order chi connectivity index (χ0) is 13.5. The molecule has 1 rings (SSSR count). The topological polar surface area (TPSA) is 61.4 Å². The molecule has 5 heteroatoms. The molecule has 2 amide bonds. The highest BCUT2D eigenvalue weighted by molar-refractivity contribution is 5.93. The van der Waals surface area contributed by atoms with Crippen molar-refractivity contribution in [3.63, 3.8) is 0 Å². The van der Waals surface area contributed by atoms with Gasteiger partial charge < -0.3 is 10.2 Å². The van der Waals surface area contributed by atoms with Gasteiger partial charge in [-0.2, -0.15) is 0 Å². The Morgan fingerprint density at radius 1 is 1.17 bits per heavy atom. The highest BCUT2D eigenvalue weighted by atomic mass is 16.2. The lowest BCUT2D eigenvalue weighted by Crippen LogP contribution is -2.37. The van der Waals surface area contributed by atoms with E-state index in [4.69, 9.17) is 0 Å². The van der Waals surface area contributed by atoms with Crippen LogP contribution in [0, 0.1) is 6.92 Å². The summed E-state index contributed by atoms with van der Waals surface area (Å²) in [6.45, 7) is 2.21. The van der Waals surface area contributed by atoms with Crippen molar-refractivity contribution in [2.45, 2.75) is 6.92 Å².